The Balaban J connectivity index is 1.68. The van der Waals surface area contributed by atoms with Gasteiger partial charge in [0.25, 0.3) is 0 Å². The van der Waals surface area contributed by atoms with Gasteiger partial charge < -0.3 is 10.4 Å². The molecule has 0 amide bonds. The Morgan fingerprint density at radius 3 is 2.27 bits per heavy atom. The Hall–Kier alpha value is -3.34. The van der Waals surface area contributed by atoms with E-state index in [1.165, 1.54) is 5.56 Å². The van der Waals surface area contributed by atoms with Gasteiger partial charge in [-0.05, 0) is 73.9 Å². The van der Waals surface area contributed by atoms with E-state index >= 15 is 0 Å². The maximum Gasteiger partial charge on any atom is 0.247 e. The molecule has 0 aliphatic rings. The zero-order valence-corrected chi connectivity index (χ0v) is 15.0. The van der Waals surface area contributed by atoms with Gasteiger partial charge in [-0.25, -0.2) is 4.52 Å². The summed E-state index contributed by atoms with van der Waals surface area (Å²) in [6.07, 6.45) is 1.95. The Bertz CT molecular complexity index is 1070. The maximum atomic E-state index is 9.97. The number of rotatable bonds is 3. The van der Waals surface area contributed by atoms with Gasteiger partial charge in [-0.2, -0.15) is 4.98 Å². The van der Waals surface area contributed by atoms with Gasteiger partial charge in [-0.1, -0.05) is 17.7 Å². The summed E-state index contributed by atoms with van der Waals surface area (Å²) in [6.45, 7) is 5.87. The molecule has 4 rings (SSSR count). The van der Waals surface area contributed by atoms with Crippen molar-refractivity contribution in [1.82, 2.24) is 14.6 Å². The fourth-order valence-electron chi connectivity index (χ4n) is 3.00. The van der Waals surface area contributed by atoms with Crippen molar-refractivity contribution < 1.29 is 5.11 Å². The summed E-state index contributed by atoms with van der Waals surface area (Å²) in [6, 6.07) is 16.0. The van der Waals surface area contributed by atoms with Crippen molar-refractivity contribution >= 4 is 17.3 Å². The average Bonchev–Trinajstić information content (AvgIpc) is 3.02. The molecule has 0 radical (unpaired) electrons. The van der Waals surface area contributed by atoms with Gasteiger partial charge in [0.05, 0.1) is 0 Å². The number of phenolic OH excluding ortho intramolecular Hbond substituents is 1. The molecule has 0 unspecified atom stereocenters. The lowest BCUT2D eigenvalue weighted by Gasteiger charge is -2.08. The van der Waals surface area contributed by atoms with Gasteiger partial charge in [-0.15, -0.1) is 5.10 Å². The van der Waals surface area contributed by atoms with Crippen LogP contribution in [0.1, 0.15) is 16.7 Å². The number of aromatic nitrogens is 3. The van der Waals surface area contributed by atoms with Crippen molar-refractivity contribution in [3.05, 3.63) is 71.4 Å². The molecule has 5 nitrogen and oxygen atoms in total. The van der Waals surface area contributed by atoms with Crippen molar-refractivity contribution in [3.8, 4) is 16.9 Å². The molecule has 0 fully saturated rings. The lowest BCUT2D eigenvalue weighted by Crippen LogP contribution is -1.93. The number of aryl methyl sites for hydroxylation is 3. The van der Waals surface area contributed by atoms with Crippen LogP contribution in [0.5, 0.6) is 5.75 Å². The third kappa shape index (κ3) is 2.99. The first-order valence-electron chi connectivity index (χ1n) is 8.50. The fraction of sp³-hybridized carbons (Fsp3) is 0.143. The van der Waals surface area contributed by atoms with Gasteiger partial charge >= 0.3 is 0 Å². The summed E-state index contributed by atoms with van der Waals surface area (Å²) in [5.41, 5.74) is 6.73. The van der Waals surface area contributed by atoms with Crippen molar-refractivity contribution in [2.24, 2.45) is 0 Å². The molecule has 0 bridgehead atoms. The highest BCUT2D eigenvalue weighted by atomic mass is 16.3. The molecule has 0 saturated heterocycles. The number of nitrogens with one attached hydrogen (secondary N) is 1. The lowest BCUT2D eigenvalue weighted by atomic mass is 10.0. The van der Waals surface area contributed by atoms with E-state index in [9.17, 15) is 5.11 Å². The van der Waals surface area contributed by atoms with E-state index in [2.05, 4.69) is 22.3 Å². The number of nitrogens with zero attached hydrogens (tertiary/aromatic N) is 3. The molecule has 0 aliphatic carbocycles. The average molecular weight is 344 g/mol. The van der Waals surface area contributed by atoms with Crippen molar-refractivity contribution in [2.75, 3.05) is 5.32 Å². The Morgan fingerprint density at radius 1 is 0.885 bits per heavy atom. The number of hydrogen-bond donors (Lipinski definition) is 2. The van der Waals surface area contributed by atoms with Crippen LogP contribution in [0.2, 0.25) is 0 Å². The Kier molecular flexibility index (Phi) is 3.84. The summed E-state index contributed by atoms with van der Waals surface area (Å²) in [5.74, 6) is 0.907. The topological polar surface area (TPSA) is 62.5 Å². The molecular weight excluding hydrogens is 324 g/mol. The SMILES string of the molecule is Cc1ccc(Nc2nc3ccc(-c4cc(C)c(O)c(C)c4)cn3n2)cc1. The fourth-order valence-corrected chi connectivity index (χ4v) is 3.00. The van der Waals surface area contributed by atoms with E-state index in [0.717, 1.165) is 33.6 Å². The number of hydrogen-bond acceptors (Lipinski definition) is 4. The van der Waals surface area contributed by atoms with E-state index in [-0.39, 0.29) is 0 Å². The molecule has 2 N–H and O–H groups in total. The van der Waals surface area contributed by atoms with E-state index in [0.29, 0.717) is 11.7 Å². The van der Waals surface area contributed by atoms with Gasteiger partial charge in [0.1, 0.15) is 5.75 Å². The lowest BCUT2D eigenvalue weighted by molar-refractivity contribution is 0.467. The largest absolute Gasteiger partial charge is 0.507 e. The van der Waals surface area contributed by atoms with Gasteiger partial charge in [-0.3, -0.25) is 0 Å². The van der Waals surface area contributed by atoms with Crippen LogP contribution < -0.4 is 5.32 Å². The predicted octanol–water partition coefficient (Wildman–Crippen LogP) is 4.77. The van der Waals surface area contributed by atoms with Gasteiger partial charge in [0.2, 0.25) is 5.95 Å². The van der Waals surface area contributed by atoms with Crippen molar-refractivity contribution in [1.29, 1.82) is 0 Å². The zero-order chi connectivity index (χ0) is 18.3. The van der Waals surface area contributed by atoms with E-state index in [1.54, 1.807) is 4.52 Å². The molecule has 5 heteroatoms. The van der Waals surface area contributed by atoms with Crippen LogP contribution in [0.4, 0.5) is 11.6 Å². The smallest absolute Gasteiger partial charge is 0.247 e. The number of phenols is 1. The highest BCUT2D eigenvalue weighted by molar-refractivity contribution is 5.68. The first-order valence-corrected chi connectivity index (χ1v) is 8.50. The van der Waals surface area contributed by atoms with Crippen LogP contribution in [0.3, 0.4) is 0 Å². The van der Waals surface area contributed by atoms with E-state index in [1.807, 2.05) is 68.6 Å². The summed E-state index contributed by atoms with van der Waals surface area (Å²) >= 11 is 0. The molecule has 130 valence electrons. The second kappa shape index (κ2) is 6.19. The number of pyridine rings is 1. The predicted molar refractivity (Wildman–Crippen MR) is 104 cm³/mol. The third-order valence-corrected chi connectivity index (χ3v) is 4.46. The van der Waals surface area contributed by atoms with Crippen LogP contribution in [-0.4, -0.2) is 19.7 Å². The second-order valence-electron chi connectivity index (χ2n) is 6.61. The quantitative estimate of drug-likeness (QED) is 0.562. The van der Waals surface area contributed by atoms with Gasteiger partial charge in [0, 0.05) is 17.4 Å². The normalized spacial score (nSPS) is 11.0. The number of fused-ring (bicyclic) bond motifs is 1. The van der Waals surface area contributed by atoms with Crippen LogP contribution in [-0.2, 0) is 0 Å². The molecule has 2 aromatic carbocycles. The molecule has 26 heavy (non-hydrogen) atoms. The van der Waals surface area contributed by atoms with Crippen LogP contribution in [0, 0.1) is 20.8 Å². The monoisotopic (exact) mass is 344 g/mol. The zero-order valence-electron chi connectivity index (χ0n) is 15.0. The van der Waals surface area contributed by atoms with E-state index < -0.39 is 0 Å². The molecule has 0 aliphatic heterocycles. The molecular formula is C21H20N4O. The minimum atomic E-state index is 0.347. The molecule has 2 aromatic heterocycles. The minimum absolute atomic E-state index is 0.347. The molecule has 4 aromatic rings. The van der Waals surface area contributed by atoms with Crippen molar-refractivity contribution in [2.45, 2.75) is 20.8 Å². The molecule has 2 heterocycles. The molecule has 0 spiro atoms. The second-order valence-corrected chi connectivity index (χ2v) is 6.61. The standard InChI is InChI=1S/C21H20N4O/c1-13-4-7-18(8-5-13)22-21-23-19-9-6-16(12-25(19)24-21)17-10-14(2)20(26)15(3)11-17/h4-12,26H,1-3H3,(H,22,24). The summed E-state index contributed by atoms with van der Waals surface area (Å²) < 4.78 is 1.77. The number of anilines is 2. The van der Waals surface area contributed by atoms with Crippen LogP contribution in [0.25, 0.3) is 16.8 Å². The highest BCUT2D eigenvalue weighted by Crippen LogP contribution is 2.29. The highest BCUT2D eigenvalue weighted by Gasteiger charge is 2.08. The van der Waals surface area contributed by atoms with Gasteiger partial charge in [0.15, 0.2) is 5.65 Å². The first kappa shape index (κ1) is 16.1. The molecule has 0 saturated carbocycles. The number of aromatic hydroxyl groups is 1. The van der Waals surface area contributed by atoms with Crippen molar-refractivity contribution in [3.63, 3.8) is 0 Å². The maximum absolute atomic E-state index is 9.97. The Labute approximate surface area is 152 Å². The first-order chi connectivity index (χ1) is 12.5. The third-order valence-electron chi connectivity index (χ3n) is 4.46. The summed E-state index contributed by atoms with van der Waals surface area (Å²) in [4.78, 5) is 4.52. The van der Waals surface area contributed by atoms with Crippen LogP contribution in [0.15, 0.2) is 54.7 Å². The Morgan fingerprint density at radius 2 is 1.58 bits per heavy atom. The van der Waals surface area contributed by atoms with Crippen LogP contribution >= 0.6 is 0 Å². The molecule has 0 atom stereocenters. The summed E-state index contributed by atoms with van der Waals surface area (Å²) in [5, 5.41) is 17.7. The number of benzene rings is 2. The minimum Gasteiger partial charge on any atom is -0.507 e. The van der Waals surface area contributed by atoms with E-state index in [4.69, 9.17) is 0 Å². The summed E-state index contributed by atoms with van der Waals surface area (Å²) in [7, 11) is 0.